The van der Waals surface area contributed by atoms with Gasteiger partial charge in [0.2, 0.25) is 0 Å². The average Bonchev–Trinajstić information content (AvgIpc) is 2.55. The Hall–Kier alpha value is -2.50. The first-order chi connectivity index (χ1) is 11.5. The first kappa shape index (κ1) is 17.8. The second-order valence-corrected chi connectivity index (χ2v) is 6.36. The molecule has 0 spiro atoms. The monoisotopic (exact) mass is 328 g/mol. The third kappa shape index (κ3) is 4.50. The van der Waals surface area contributed by atoms with E-state index in [4.69, 9.17) is 5.73 Å². The zero-order valence-electron chi connectivity index (χ0n) is 14.2. The Morgan fingerprint density at radius 3 is 2.62 bits per heavy atom. The Morgan fingerprint density at radius 1 is 1.21 bits per heavy atom. The highest BCUT2D eigenvalue weighted by Gasteiger charge is 2.19. The zero-order valence-corrected chi connectivity index (χ0v) is 14.2. The fourth-order valence-electron chi connectivity index (χ4n) is 2.81. The van der Waals surface area contributed by atoms with Gasteiger partial charge >= 0.3 is 5.97 Å². The average molecular weight is 328 g/mol. The van der Waals surface area contributed by atoms with Gasteiger partial charge in [0.25, 0.3) is 0 Å². The van der Waals surface area contributed by atoms with E-state index in [9.17, 15) is 9.90 Å². The summed E-state index contributed by atoms with van der Waals surface area (Å²) >= 11 is 0. The normalized spacial score (nSPS) is 11.0. The Bertz CT molecular complexity index is 687. The number of carboxylic acids is 1. The lowest BCUT2D eigenvalue weighted by Gasteiger charge is -2.14. The van der Waals surface area contributed by atoms with Gasteiger partial charge in [-0.15, -0.1) is 10.2 Å². The summed E-state index contributed by atoms with van der Waals surface area (Å²) in [5, 5.41) is 20.8. The van der Waals surface area contributed by atoms with Crippen molar-refractivity contribution < 1.29 is 9.90 Å². The molecule has 2 rings (SSSR count). The molecule has 0 aliphatic carbocycles. The number of benzene rings is 1. The molecule has 0 unspecified atom stereocenters. The van der Waals surface area contributed by atoms with E-state index < -0.39 is 5.97 Å². The van der Waals surface area contributed by atoms with Gasteiger partial charge in [-0.3, -0.25) is 0 Å². The SMILES string of the molecule is CC(C)CCCCCc1c(N)ccc(C(=O)O)c1-c1ccnnn1. The number of nitrogens with two attached hydrogens (primary N) is 1. The molecule has 6 heteroatoms. The van der Waals surface area contributed by atoms with E-state index in [0.29, 0.717) is 22.9 Å². The van der Waals surface area contributed by atoms with E-state index in [-0.39, 0.29) is 5.56 Å². The van der Waals surface area contributed by atoms with Crippen molar-refractivity contribution in [2.75, 3.05) is 5.73 Å². The van der Waals surface area contributed by atoms with Crippen LogP contribution in [0.4, 0.5) is 5.69 Å². The Morgan fingerprint density at radius 2 is 2.00 bits per heavy atom. The highest BCUT2D eigenvalue weighted by atomic mass is 16.4. The summed E-state index contributed by atoms with van der Waals surface area (Å²) < 4.78 is 0. The summed E-state index contributed by atoms with van der Waals surface area (Å²) in [5.41, 5.74) is 8.81. The number of hydrogen-bond donors (Lipinski definition) is 2. The molecule has 128 valence electrons. The number of hydrogen-bond acceptors (Lipinski definition) is 5. The Labute approximate surface area is 142 Å². The van der Waals surface area contributed by atoms with E-state index in [1.165, 1.54) is 25.1 Å². The highest BCUT2D eigenvalue weighted by Crippen LogP contribution is 2.31. The molecule has 24 heavy (non-hydrogen) atoms. The standard InChI is InChI=1S/C18H24N4O2/c1-12(2)6-4-3-5-7-13-15(19)9-8-14(18(23)24)17(13)16-10-11-20-22-21-16/h8-12H,3-7,19H2,1-2H3,(H,23,24). The number of nitrogen functional groups attached to an aromatic ring is 1. The zero-order chi connectivity index (χ0) is 17.5. The van der Waals surface area contributed by atoms with Crippen LogP contribution in [-0.4, -0.2) is 26.5 Å². The summed E-state index contributed by atoms with van der Waals surface area (Å²) in [5.74, 6) is -0.294. The van der Waals surface area contributed by atoms with Crippen LogP contribution in [0, 0.1) is 5.92 Å². The summed E-state index contributed by atoms with van der Waals surface area (Å²) in [6.07, 6.45) is 6.66. The molecule has 0 aliphatic rings. The number of rotatable bonds is 8. The lowest BCUT2D eigenvalue weighted by molar-refractivity contribution is 0.0697. The molecule has 0 aliphatic heterocycles. The van der Waals surface area contributed by atoms with Gasteiger partial charge in [-0.25, -0.2) is 4.79 Å². The van der Waals surface area contributed by atoms with Gasteiger partial charge in [-0.05, 0) is 47.7 Å². The van der Waals surface area contributed by atoms with E-state index in [2.05, 4.69) is 29.3 Å². The molecule has 2 aromatic rings. The van der Waals surface area contributed by atoms with Crippen LogP contribution in [0.3, 0.4) is 0 Å². The third-order valence-corrected chi connectivity index (χ3v) is 4.05. The molecule has 0 saturated carbocycles. The lowest BCUT2D eigenvalue weighted by atomic mass is 9.92. The quantitative estimate of drug-likeness (QED) is 0.567. The van der Waals surface area contributed by atoms with Crippen molar-refractivity contribution in [3.63, 3.8) is 0 Å². The number of aromatic nitrogens is 3. The van der Waals surface area contributed by atoms with Gasteiger partial charge in [0.05, 0.1) is 17.5 Å². The van der Waals surface area contributed by atoms with Crippen molar-refractivity contribution >= 4 is 11.7 Å². The summed E-state index contributed by atoms with van der Waals surface area (Å²) in [7, 11) is 0. The van der Waals surface area contributed by atoms with Gasteiger partial charge in [0, 0.05) is 11.3 Å². The second-order valence-electron chi connectivity index (χ2n) is 6.36. The number of anilines is 1. The molecule has 0 amide bonds. The van der Waals surface area contributed by atoms with Crippen LogP contribution in [0.25, 0.3) is 11.3 Å². The summed E-state index contributed by atoms with van der Waals surface area (Å²) in [4.78, 5) is 11.6. The Balaban J connectivity index is 2.29. The number of carboxylic acid groups (broad SMARTS) is 1. The first-order valence-electron chi connectivity index (χ1n) is 8.30. The van der Waals surface area contributed by atoms with E-state index in [1.54, 1.807) is 12.1 Å². The maximum absolute atomic E-state index is 11.6. The molecular formula is C18H24N4O2. The second kappa shape index (κ2) is 8.38. The van der Waals surface area contributed by atoms with E-state index >= 15 is 0 Å². The largest absolute Gasteiger partial charge is 0.478 e. The lowest BCUT2D eigenvalue weighted by Crippen LogP contribution is -2.07. The van der Waals surface area contributed by atoms with Crippen molar-refractivity contribution in [2.24, 2.45) is 5.92 Å². The van der Waals surface area contributed by atoms with Crippen LogP contribution in [0.1, 0.15) is 55.5 Å². The van der Waals surface area contributed by atoms with Crippen LogP contribution in [0.5, 0.6) is 0 Å². The molecule has 1 heterocycles. The number of aromatic carboxylic acids is 1. The summed E-state index contributed by atoms with van der Waals surface area (Å²) in [6, 6.07) is 4.85. The predicted octanol–water partition coefficient (Wildman–Crippen LogP) is 3.58. The number of unbranched alkanes of at least 4 members (excludes halogenated alkanes) is 2. The number of carbonyl (C=O) groups is 1. The van der Waals surface area contributed by atoms with Gasteiger partial charge in [0.1, 0.15) is 0 Å². The first-order valence-corrected chi connectivity index (χ1v) is 8.30. The van der Waals surface area contributed by atoms with Crippen molar-refractivity contribution in [2.45, 2.75) is 46.0 Å². The van der Waals surface area contributed by atoms with Crippen molar-refractivity contribution in [3.8, 4) is 11.3 Å². The maximum Gasteiger partial charge on any atom is 0.336 e. The molecule has 0 radical (unpaired) electrons. The highest BCUT2D eigenvalue weighted by molar-refractivity contribution is 5.97. The number of nitrogens with zero attached hydrogens (tertiary/aromatic N) is 3. The van der Waals surface area contributed by atoms with Crippen LogP contribution < -0.4 is 5.73 Å². The molecule has 0 saturated heterocycles. The third-order valence-electron chi connectivity index (χ3n) is 4.05. The van der Waals surface area contributed by atoms with Gasteiger partial charge in [0.15, 0.2) is 0 Å². The fourth-order valence-corrected chi connectivity index (χ4v) is 2.81. The molecule has 6 nitrogen and oxygen atoms in total. The topological polar surface area (TPSA) is 102 Å². The van der Waals surface area contributed by atoms with Crippen LogP contribution in [0.15, 0.2) is 24.4 Å². The smallest absolute Gasteiger partial charge is 0.336 e. The molecule has 1 aromatic heterocycles. The molecule has 1 aromatic carbocycles. The molecule has 0 bridgehead atoms. The minimum Gasteiger partial charge on any atom is -0.478 e. The maximum atomic E-state index is 11.6. The fraction of sp³-hybridized carbons (Fsp3) is 0.444. The van der Waals surface area contributed by atoms with Gasteiger partial charge in [-0.1, -0.05) is 33.1 Å². The van der Waals surface area contributed by atoms with Gasteiger partial charge in [-0.2, -0.15) is 0 Å². The van der Waals surface area contributed by atoms with Crippen LogP contribution in [-0.2, 0) is 6.42 Å². The van der Waals surface area contributed by atoms with E-state index in [0.717, 1.165) is 24.8 Å². The minimum atomic E-state index is -0.996. The molecular weight excluding hydrogens is 304 g/mol. The van der Waals surface area contributed by atoms with Crippen LogP contribution in [0.2, 0.25) is 0 Å². The van der Waals surface area contributed by atoms with Crippen molar-refractivity contribution in [1.82, 2.24) is 15.4 Å². The molecule has 0 fully saturated rings. The van der Waals surface area contributed by atoms with Crippen molar-refractivity contribution in [3.05, 3.63) is 35.5 Å². The van der Waals surface area contributed by atoms with Gasteiger partial charge < -0.3 is 10.8 Å². The Kier molecular flexibility index (Phi) is 6.23. The van der Waals surface area contributed by atoms with Crippen LogP contribution >= 0.6 is 0 Å². The van der Waals surface area contributed by atoms with Crippen molar-refractivity contribution in [1.29, 1.82) is 0 Å². The molecule has 3 N–H and O–H groups in total. The minimum absolute atomic E-state index is 0.196. The predicted molar refractivity (Wildman–Crippen MR) is 93.6 cm³/mol. The van der Waals surface area contributed by atoms with E-state index in [1.807, 2.05) is 0 Å². The summed E-state index contributed by atoms with van der Waals surface area (Å²) in [6.45, 7) is 4.43. The molecule has 0 atom stereocenters.